The van der Waals surface area contributed by atoms with E-state index in [0.29, 0.717) is 17.4 Å². The third-order valence-electron chi connectivity index (χ3n) is 4.21. The van der Waals surface area contributed by atoms with E-state index < -0.39 is 0 Å². The van der Waals surface area contributed by atoms with Crippen molar-refractivity contribution in [2.24, 2.45) is 5.92 Å². The van der Waals surface area contributed by atoms with Crippen LogP contribution in [0.25, 0.3) is 6.08 Å². The Labute approximate surface area is 155 Å². The molecule has 1 aromatic carbocycles. The first kappa shape index (κ1) is 19.8. The maximum atomic E-state index is 12.4. The number of methoxy groups -OCH3 is 1. The van der Waals surface area contributed by atoms with Crippen LogP contribution in [0.5, 0.6) is 11.5 Å². The molecular formula is C20H27N3O3. The molecule has 1 aliphatic rings. The standard InChI is InChI=1S/C20H27N3O3/c1-16(2)15-22-9-11-23(12-10-22)20(24)7-5-17-4-6-18(26-13-8-21)19(14-17)25-3/h4-7,14,16H,9-13,15H2,1-3H3. The van der Waals surface area contributed by atoms with Gasteiger partial charge in [-0.2, -0.15) is 5.26 Å². The van der Waals surface area contributed by atoms with Gasteiger partial charge in [0.15, 0.2) is 18.1 Å². The summed E-state index contributed by atoms with van der Waals surface area (Å²) in [6, 6.07) is 7.29. The van der Waals surface area contributed by atoms with E-state index in [1.54, 1.807) is 31.4 Å². The Bertz CT molecular complexity index is 671. The number of ether oxygens (including phenoxy) is 2. The van der Waals surface area contributed by atoms with E-state index in [2.05, 4.69) is 18.7 Å². The number of carbonyl (C=O) groups excluding carboxylic acids is 1. The van der Waals surface area contributed by atoms with Gasteiger partial charge in [0.1, 0.15) is 6.07 Å². The van der Waals surface area contributed by atoms with Gasteiger partial charge in [0.05, 0.1) is 7.11 Å². The highest BCUT2D eigenvalue weighted by molar-refractivity contribution is 5.92. The summed E-state index contributed by atoms with van der Waals surface area (Å²) in [4.78, 5) is 16.7. The van der Waals surface area contributed by atoms with Crippen molar-refractivity contribution in [3.8, 4) is 17.6 Å². The average Bonchev–Trinajstić information content (AvgIpc) is 2.64. The lowest BCUT2D eigenvalue weighted by Gasteiger charge is -2.35. The van der Waals surface area contributed by atoms with Crippen molar-refractivity contribution >= 4 is 12.0 Å². The molecule has 1 heterocycles. The van der Waals surface area contributed by atoms with E-state index in [9.17, 15) is 4.79 Å². The second kappa shape index (κ2) is 9.83. The third kappa shape index (κ3) is 5.78. The van der Waals surface area contributed by atoms with Gasteiger partial charge in [-0.15, -0.1) is 0 Å². The number of hydrogen-bond donors (Lipinski definition) is 0. The highest BCUT2D eigenvalue weighted by Gasteiger charge is 2.19. The maximum absolute atomic E-state index is 12.4. The molecule has 1 amide bonds. The van der Waals surface area contributed by atoms with Gasteiger partial charge in [0.2, 0.25) is 5.91 Å². The Kier molecular flexibility index (Phi) is 7.49. The number of rotatable bonds is 7. The Morgan fingerprint density at radius 1 is 1.27 bits per heavy atom. The molecule has 0 N–H and O–H groups in total. The molecular weight excluding hydrogens is 330 g/mol. The molecule has 6 heteroatoms. The first-order valence-electron chi connectivity index (χ1n) is 8.90. The lowest BCUT2D eigenvalue weighted by atomic mass is 10.1. The number of nitrogens with zero attached hydrogens (tertiary/aromatic N) is 3. The number of hydrogen-bond acceptors (Lipinski definition) is 5. The molecule has 140 valence electrons. The lowest BCUT2D eigenvalue weighted by molar-refractivity contribution is -0.127. The molecule has 0 spiro atoms. The van der Waals surface area contributed by atoms with Gasteiger partial charge in [-0.1, -0.05) is 19.9 Å². The van der Waals surface area contributed by atoms with Crippen LogP contribution in [0.2, 0.25) is 0 Å². The summed E-state index contributed by atoms with van der Waals surface area (Å²) in [6.07, 6.45) is 3.38. The molecule has 0 bridgehead atoms. The van der Waals surface area contributed by atoms with Crippen molar-refractivity contribution in [3.63, 3.8) is 0 Å². The fourth-order valence-corrected chi connectivity index (χ4v) is 2.96. The molecule has 26 heavy (non-hydrogen) atoms. The van der Waals surface area contributed by atoms with E-state index in [1.165, 1.54) is 0 Å². The summed E-state index contributed by atoms with van der Waals surface area (Å²) < 4.78 is 10.6. The zero-order valence-electron chi connectivity index (χ0n) is 15.8. The molecule has 2 rings (SSSR count). The topological polar surface area (TPSA) is 65.8 Å². The van der Waals surface area contributed by atoms with Gasteiger partial charge in [-0.05, 0) is 29.7 Å². The van der Waals surface area contributed by atoms with Crippen molar-refractivity contribution in [1.29, 1.82) is 5.26 Å². The predicted molar refractivity (Wildman–Crippen MR) is 101 cm³/mol. The summed E-state index contributed by atoms with van der Waals surface area (Å²) in [5.74, 6) is 1.72. The van der Waals surface area contributed by atoms with Crippen LogP contribution in [0.1, 0.15) is 19.4 Å². The fourth-order valence-electron chi connectivity index (χ4n) is 2.96. The highest BCUT2D eigenvalue weighted by atomic mass is 16.5. The summed E-state index contributed by atoms with van der Waals surface area (Å²) in [5.41, 5.74) is 0.845. The number of nitriles is 1. The minimum absolute atomic E-state index is 0.0259. The van der Waals surface area contributed by atoms with Gasteiger partial charge in [-0.25, -0.2) is 0 Å². The summed E-state index contributed by atoms with van der Waals surface area (Å²) >= 11 is 0. The molecule has 0 saturated carbocycles. The normalized spacial score (nSPS) is 15.3. The average molecular weight is 357 g/mol. The number of piperazine rings is 1. The van der Waals surface area contributed by atoms with Crippen molar-refractivity contribution in [2.45, 2.75) is 13.8 Å². The summed E-state index contributed by atoms with van der Waals surface area (Å²) in [7, 11) is 1.55. The quantitative estimate of drug-likeness (QED) is 0.701. The first-order chi connectivity index (χ1) is 12.5. The maximum Gasteiger partial charge on any atom is 0.246 e. The molecule has 1 saturated heterocycles. The largest absolute Gasteiger partial charge is 0.493 e. The van der Waals surface area contributed by atoms with Gasteiger partial charge in [0, 0.05) is 38.8 Å². The Morgan fingerprint density at radius 3 is 2.62 bits per heavy atom. The molecule has 1 aliphatic heterocycles. The van der Waals surface area contributed by atoms with E-state index >= 15 is 0 Å². The van der Waals surface area contributed by atoms with E-state index in [4.69, 9.17) is 14.7 Å². The van der Waals surface area contributed by atoms with E-state index in [-0.39, 0.29) is 12.5 Å². The second-order valence-corrected chi connectivity index (χ2v) is 6.71. The Balaban J connectivity index is 1.93. The van der Waals surface area contributed by atoms with Gasteiger partial charge in [-0.3, -0.25) is 9.69 Å². The fraction of sp³-hybridized carbons (Fsp3) is 0.500. The van der Waals surface area contributed by atoms with Gasteiger partial charge < -0.3 is 14.4 Å². The molecule has 0 unspecified atom stereocenters. The molecule has 1 fully saturated rings. The second-order valence-electron chi connectivity index (χ2n) is 6.71. The molecule has 0 aromatic heterocycles. The summed E-state index contributed by atoms with van der Waals surface area (Å²) in [6.45, 7) is 8.86. The van der Waals surface area contributed by atoms with Gasteiger partial charge >= 0.3 is 0 Å². The lowest BCUT2D eigenvalue weighted by Crippen LogP contribution is -2.49. The first-order valence-corrected chi connectivity index (χ1v) is 8.90. The van der Waals surface area contributed by atoms with Crippen molar-refractivity contribution in [3.05, 3.63) is 29.8 Å². The zero-order chi connectivity index (χ0) is 18.9. The smallest absolute Gasteiger partial charge is 0.246 e. The highest BCUT2D eigenvalue weighted by Crippen LogP contribution is 2.28. The van der Waals surface area contributed by atoms with Crippen LogP contribution >= 0.6 is 0 Å². The van der Waals surface area contributed by atoms with Crippen LogP contribution < -0.4 is 9.47 Å². The number of carbonyl (C=O) groups is 1. The molecule has 0 aliphatic carbocycles. The van der Waals surface area contributed by atoms with Crippen molar-refractivity contribution in [2.75, 3.05) is 46.4 Å². The van der Waals surface area contributed by atoms with Crippen LogP contribution in [0, 0.1) is 17.2 Å². The van der Waals surface area contributed by atoms with Crippen LogP contribution in [0.4, 0.5) is 0 Å². The molecule has 0 radical (unpaired) electrons. The monoisotopic (exact) mass is 357 g/mol. The minimum atomic E-state index is -0.0349. The molecule has 6 nitrogen and oxygen atoms in total. The van der Waals surface area contributed by atoms with Crippen LogP contribution in [0.15, 0.2) is 24.3 Å². The van der Waals surface area contributed by atoms with Crippen molar-refractivity contribution < 1.29 is 14.3 Å². The number of benzene rings is 1. The van der Waals surface area contributed by atoms with E-state index in [1.807, 2.05) is 17.0 Å². The predicted octanol–water partition coefficient (Wildman–Crippen LogP) is 2.41. The molecule has 1 aromatic rings. The molecule has 0 atom stereocenters. The Morgan fingerprint density at radius 2 is 2.00 bits per heavy atom. The summed E-state index contributed by atoms with van der Waals surface area (Å²) in [5, 5.41) is 8.60. The number of amides is 1. The van der Waals surface area contributed by atoms with Crippen LogP contribution in [0.3, 0.4) is 0 Å². The Hall–Kier alpha value is -2.52. The third-order valence-corrected chi connectivity index (χ3v) is 4.21. The van der Waals surface area contributed by atoms with E-state index in [0.717, 1.165) is 38.3 Å². The SMILES string of the molecule is COc1cc(C=CC(=O)N2CCN(CC(C)C)CC2)ccc1OCC#N. The minimum Gasteiger partial charge on any atom is -0.493 e. The zero-order valence-corrected chi connectivity index (χ0v) is 15.8. The van der Waals surface area contributed by atoms with Crippen molar-refractivity contribution in [1.82, 2.24) is 9.80 Å². The van der Waals surface area contributed by atoms with Crippen LogP contribution in [-0.4, -0.2) is 62.1 Å². The van der Waals surface area contributed by atoms with Gasteiger partial charge in [0.25, 0.3) is 0 Å². The van der Waals surface area contributed by atoms with Crippen LogP contribution in [-0.2, 0) is 4.79 Å².